The van der Waals surface area contributed by atoms with E-state index in [1.807, 2.05) is 32.0 Å². The molecule has 3 aromatic rings. The lowest BCUT2D eigenvalue weighted by atomic mass is 10.1. The van der Waals surface area contributed by atoms with E-state index in [0.717, 1.165) is 11.3 Å². The van der Waals surface area contributed by atoms with Crippen molar-refractivity contribution in [2.45, 2.75) is 20.4 Å². The molecule has 140 valence electrons. The SMILES string of the molecule is Cc1ccc(-n2nnc3c(=O)n(CC(=O)N4CCOCC4)cnc32)cc1C. The van der Waals surface area contributed by atoms with Gasteiger partial charge in [0.1, 0.15) is 12.9 Å². The highest BCUT2D eigenvalue weighted by atomic mass is 16.5. The number of hydrogen-bond acceptors (Lipinski definition) is 6. The smallest absolute Gasteiger partial charge is 0.284 e. The van der Waals surface area contributed by atoms with Crippen LogP contribution in [0.3, 0.4) is 0 Å². The van der Waals surface area contributed by atoms with Gasteiger partial charge in [0.05, 0.1) is 18.9 Å². The van der Waals surface area contributed by atoms with E-state index in [9.17, 15) is 9.59 Å². The van der Waals surface area contributed by atoms with E-state index in [-0.39, 0.29) is 23.5 Å². The molecule has 27 heavy (non-hydrogen) atoms. The minimum absolute atomic E-state index is 0.0712. The fraction of sp³-hybridized carbons (Fsp3) is 0.389. The number of morpholine rings is 1. The predicted molar refractivity (Wildman–Crippen MR) is 97.8 cm³/mol. The zero-order valence-electron chi connectivity index (χ0n) is 15.3. The summed E-state index contributed by atoms with van der Waals surface area (Å²) in [6.45, 7) is 6.07. The fourth-order valence-corrected chi connectivity index (χ4v) is 3.05. The number of amides is 1. The summed E-state index contributed by atoms with van der Waals surface area (Å²) in [5.74, 6) is -0.136. The second kappa shape index (κ2) is 6.92. The molecule has 9 heteroatoms. The van der Waals surface area contributed by atoms with E-state index in [2.05, 4.69) is 15.3 Å². The number of aromatic nitrogens is 5. The van der Waals surface area contributed by atoms with Gasteiger partial charge in [0.2, 0.25) is 5.91 Å². The maximum atomic E-state index is 12.7. The van der Waals surface area contributed by atoms with Gasteiger partial charge in [-0.05, 0) is 37.1 Å². The van der Waals surface area contributed by atoms with Crippen LogP contribution < -0.4 is 5.56 Å². The van der Waals surface area contributed by atoms with Crippen molar-refractivity contribution < 1.29 is 9.53 Å². The monoisotopic (exact) mass is 368 g/mol. The van der Waals surface area contributed by atoms with Gasteiger partial charge >= 0.3 is 0 Å². The normalized spacial score (nSPS) is 14.7. The van der Waals surface area contributed by atoms with Crippen molar-refractivity contribution in [1.82, 2.24) is 29.4 Å². The zero-order chi connectivity index (χ0) is 19.0. The molecule has 0 spiro atoms. The lowest BCUT2D eigenvalue weighted by Crippen LogP contribution is -2.43. The van der Waals surface area contributed by atoms with Crippen molar-refractivity contribution in [1.29, 1.82) is 0 Å². The van der Waals surface area contributed by atoms with Gasteiger partial charge in [-0.2, -0.15) is 4.68 Å². The molecule has 0 N–H and O–H groups in total. The van der Waals surface area contributed by atoms with E-state index in [1.54, 1.807) is 4.90 Å². The van der Waals surface area contributed by atoms with Crippen molar-refractivity contribution in [2.75, 3.05) is 26.3 Å². The summed E-state index contributed by atoms with van der Waals surface area (Å²) in [5.41, 5.74) is 3.20. The molecule has 2 aromatic heterocycles. The molecule has 0 radical (unpaired) electrons. The van der Waals surface area contributed by atoms with Crippen molar-refractivity contribution in [3.8, 4) is 5.69 Å². The van der Waals surface area contributed by atoms with Gasteiger partial charge in [-0.3, -0.25) is 14.2 Å². The highest BCUT2D eigenvalue weighted by molar-refractivity contribution is 5.77. The van der Waals surface area contributed by atoms with Gasteiger partial charge in [-0.1, -0.05) is 11.3 Å². The first-order valence-corrected chi connectivity index (χ1v) is 8.78. The van der Waals surface area contributed by atoms with E-state index in [0.29, 0.717) is 32.0 Å². The topological polar surface area (TPSA) is 95.1 Å². The first-order chi connectivity index (χ1) is 13.0. The Morgan fingerprint density at radius 3 is 2.70 bits per heavy atom. The Morgan fingerprint density at radius 2 is 1.96 bits per heavy atom. The zero-order valence-corrected chi connectivity index (χ0v) is 15.3. The molecule has 1 amide bonds. The molecular formula is C18H20N6O3. The Labute approximate surface area is 155 Å². The maximum Gasteiger partial charge on any atom is 0.284 e. The number of carbonyl (C=O) groups is 1. The van der Waals surface area contributed by atoms with Crippen LogP contribution in [0, 0.1) is 13.8 Å². The van der Waals surface area contributed by atoms with E-state index in [1.165, 1.54) is 21.1 Å². The average Bonchev–Trinajstić information content (AvgIpc) is 3.12. The Morgan fingerprint density at radius 1 is 1.19 bits per heavy atom. The number of nitrogens with zero attached hydrogens (tertiary/aromatic N) is 6. The van der Waals surface area contributed by atoms with Gasteiger partial charge in [-0.25, -0.2) is 4.98 Å². The molecule has 0 saturated carbocycles. The molecule has 0 unspecified atom stereocenters. The summed E-state index contributed by atoms with van der Waals surface area (Å²) in [4.78, 5) is 31.1. The fourth-order valence-electron chi connectivity index (χ4n) is 3.05. The van der Waals surface area contributed by atoms with E-state index in [4.69, 9.17) is 4.74 Å². The molecule has 1 aliphatic rings. The quantitative estimate of drug-likeness (QED) is 0.666. The summed E-state index contributed by atoms with van der Waals surface area (Å²) in [5, 5.41) is 8.09. The summed E-state index contributed by atoms with van der Waals surface area (Å²) in [6.07, 6.45) is 1.38. The third kappa shape index (κ3) is 3.21. The molecule has 0 atom stereocenters. The second-order valence-corrected chi connectivity index (χ2v) is 6.61. The Hall–Kier alpha value is -3.07. The minimum Gasteiger partial charge on any atom is -0.378 e. The van der Waals surface area contributed by atoms with Gasteiger partial charge in [0, 0.05) is 13.1 Å². The van der Waals surface area contributed by atoms with Crippen LogP contribution in [-0.4, -0.2) is 61.7 Å². The molecule has 1 aliphatic heterocycles. The molecule has 3 heterocycles. The standard InChI is InChI=1S/C18H20N6O3/c1-12-3-4-14(9-13(12)2)24-17-16(20-21-24)18(26)23(11-19-17)10-15(25)22-5-7-27-8-6-22/h3-4,9,11H,5-8,10H2,1-2H3. The number of carbonyl (C=O) groups excluding carboxylic acids is 1. The van der Waals surface area contributed by atoms with Gasteiger partial charge in [-0.15, -0.1) is 5.10 Å². The lowest BCUT2D eigenvalue weighted by molar-refractivity contribution is -0.135. The highest BCUT2D eigenvalue weighted by Gasteiger charge is 2.19. The number of hydrogen-bond donors (Lipinski definition) is 0. The Balaban J connectivity index is 1.66. The molecule has 4 rings (SSSR count). The van der Waals surface area contributed by atoms with Crippen LogP contribution in [0.5, 0.6) is 0 Å². The first kappa shape index (κ1) is 17.3. The van der Waals surface area contributed by atoms with Crippen LogP contribution >= 0.6 is 0 Å². The number of rotatable bonds is 3. The molecule has 0 aliphatic carbocycles. The lowest BCUT2D eigenvalue weighted by Gasteiger charge is -2.26. The van der Waals surface area contributed by atoms with E-state index < -0.39 is 0 Å². The minimum atomic E-state index is -0.378. The van der Waals surface area contributed by atoms with Crippen molar-refractivity contribution in [2.24, 2.45) is 0 Å². The van der Waals surface area contributed by atoms with E-state index >= 15 is 0 Å². The molecular weight excluding hydrogens is 348 g/mol. The number of aryl methyl sites for hydroxylation is 2. The molecule has 9 nitrogen and oxygen atoms in total. The third-order valence-electron chi connectivity index (χ3n) is 4.83. The average molecular weight is 368 g/mol. The molecule has 0 bridgehead atoms. The first-order valence-electron chi connectivity index (χ1n) is 8.78. The summed E-state index contributed by atoms with van der Waals surface area (Å²) in [6, 6.07) is 5.87. The second-order valence-electron chi connectivity index (χ2n) is 6.61. The number of benzene rings is 1. The van der Waals surface area contributed by atoms with Crippen LogP contribution in [0.15, 0.2) is 29.3 Å². The highest BCUT2D eigenvalue weighted by Crippen LogP contribution is 2.16. The molecule has 1 aromatic carbocycles. The number of ether oxygens (including phenoxy) is 1. The van der Waals surface area contributed by atoms with Crippen LogP contribution in [0.4, 0.5) is 0 Å². The van der Waals surface area contributed by atoms with Gasteiger partial charge in [0.15, 0.2) is 11.2 Å². The Kier molecular flexibility index (Phi) is 4.44. The van der Waals surface area contributed by atoms with Crippen LogP contribution in [0.25, 0.3) is 16.9 Å². The van der Waals surface area contributed by atoms with Crippen molar-refractivity contribution in [3.63, 3.8) is 0 Å². The summed E-state index contributed by atoms with van der Waals surface area (Å²) < 4.78 is 8.06. The molecule has 1 fully saturated rings. The third-order valence-corrected chi connectivity index (χ3v) is 4.83. The number of fused-ring (bicyclic) bond motifs is 1. The van der Waals surface area contributed by atoms with Crippen LogP contribution in [0.1, 0.15) is 11.1 Å². The molecule has 1 saturated heterocycles. The van der Waals surface area contributed by atoms with Gasteiger partial charge in [0.25, 0.3) is 5.56 Å². The predicted octanol–water partition coefficient (Wildman–Crippen LogP) is 0.453. The summed E-state index contributed by atoms with van der Waals surface area (Å²) in [7, 11) is 0. The van der Waals surface area contributed by atoms with Gasteiger partial charge < -0.3 is 9.64 Å². The largest absolute Gasteiger partial charge is 0.378 e. The maximum absolute atomic E-state index is 12.7. The van der Waals surface area contributed by atoms with Crippen molar-refractivity contribution >= 4 is 17.1 Å². The van der Waals surface area contributed by atoms with Crippen molar-refractivity contribution in [3.05, 3.63) is 46.0 Å². The Bertz CT molecular complexity index is 1060. The summed E-state index contributed by atoms with van der Waals surface area (Å²) >= 11 is 0. The van der Waals surface area contributed by atoms with Crippen LogP contribution in [0.2, 0.25) is 0 Å². The van der Waals surface area contributed by atoms with Crippen LogP contribution in [-0.2, 0) is 16.1 Å².